The topological polar surface area (TPSA) is 43.8 Å². The maximum Gasteiger partial charge on any atom is 0.306 e. The van der Waals surface area contributed by atoms with Crippen LogP contribution in [-0.2, 0) is 4.79 Å². The number of hydrogen-bond acceptors (Lipinski definition) is 3. The van der Waals surface area contributed by atoms with Gasteiger partial charge in [-0.25, -0.2) is 0 Å². The summed E-state index contributed by atoms with van der Waals surface area (Å²) in [4.78, 5) is 15.5. The van der Waals surface area contributed by atoms with E-state index in [9.17, 15) is 4.79 Å². The van der Waals surface area contributed by atoms with Crippen molar-refractivity contribution in [3.05, 3.63) is 0 Å². The summed E-state index contributed by atoms with van der Waals surface area (Å²) < 4.78 is 0. The normalized spacial score (nSPS) is 19.8. The van der Waals surface area contributed by atoms with Gasteiger partial charge in [0.15, 0.2) is 0 Å². The summed E-state index contributed by atoms with van der Waals surface area (Å²) in [5.41, 5.74) is 0. The van der Waals surface area contributed by atoms with E-state index < -0.39 is 5.97 Å². The molecule has 0 aliphatic carbocycles. The van der Waals surface area contributed by atoms with E-state index in [2.05, 4.69) is 23.6 Å². The average Bonchev–Trinajstić information content (AvgIpc) is 2.20. The molecule has 1 heterocycles. The van der Waals surface area contributed by atoms with Crippen LogP contribution in [0.15, 0.2) is 0 Å². The zero-order valence-corrected chi connectivity index (χ0v) is 10.6. The molecule has 4 nitrogen and oxygen atoms in total. The Hall–Kier alpha value is -0.610. The molecule has 1 rings (SSSR count). The van der Waals surface area contributed by atoms with Crippen LogP contribution >= 0.6 is 0 Å². The highest BCUT2D eigenvalue weighted by atomic mass is 16.4. The zero-order chi connectivity index (χ0) is 12.1. The van der Waals surface area contributed by atoms with E-state index in [1.54, 1.807) is 0 Å². The van der Waals surface area contributed by atoms with Crippen LogP contribution in [0.3, 0.4) is 0 Å². The smallest absolute Gasteiger partial charge is 0.306 e. The second-order valence-corrected chi connectivity index (χ2v) is 4.67. The van der Waals surface area contributed by atoms with Crippen LogP contribution in [0, 0.1) is 11.8 Å². The van der Waals surface area contributed by atoms with Crippen molar-refractivity contribution < 1.29 is 9.90 Å². The molecule has 0 aromatic carbocycles. The van der Waals surface area contributed by atoms with Gasteiger partial charge in [-0.3, -0.25) is 4.79 Å². The van der Waals surface area contributed by atoms with Crippen molar-refractivity contribution in [3.8, 4) is 0 Å². The fourth-order valence-electron chi connectivity index (χ4n) is 2.13. The van der Waals surface area contributed by atoms with Crippen molar-refractivity contribution in [1.82, 2.24) is 9.80 Å². The first-order chi connectivity index (χ1) is 7.58. The third-order valence-corrected chi connectivity index (χ3v) is 3.71. The van der Waals surface area contributed by atoms with Crippen LogP contribution in [0.4, 0.5) is 0 Å². The molecule has 0 radical (unpaired) electrons. The van der Waals surface area contributed by atoms with Gasteiger partial charge < -0.3 is 14.9 Å². The zero-order valence-electron chi connectivity index (χ0n) is 10.6. The summed E-state index contributed by atoms with van der Waals surface area (Å²) in [5, 5.41) is 8.87. The lowest BCUT2D eigenvalue weighted by molar-refractivity contribution is -0.145. The highest BCUT2D eigenvalue weighted by Crippen LogP contribution is 2.23. The number of carbonyl (C=O) groups is 1. The molecular formula is C12H24N2O2. The number of nitrogens with zero attached hydrogens (tertiary/aromatic N) is 2. The minimum absolute atomic E-state index is 0.190. The minimum atomic E-state index is -0.659. The molecule has 1 aliphatic rings. The van der Waals surface area contributed by atoms with E-state index in [-0.39, 0.29) is 5.92 Å². The van der Waals surface area contributed by atoms with Crippen molar-refractivity contribution in [2.45, 2.75) is 20.8 Å². The molecule has 0 saturated carbocycles. The van der Waals surface area contributed by atoms with Gasteiger partial charge in [-0.05, 0) is 19.0 Å². The van der Waals surface area contributed by atoms with E-state index in [4.69, 9.17) is 5.11 Å². The van der Waals surface area contributed by atoms with Crippen molar-refractivity contribution in [2.75, 3.05) is 39.3 Å². The van der Waals surface area contributed by atoms with Gasteiger partial charge in [-0.2, -0.15) is 0 Å². The number of hydrogen-bond donors (Lipinski definition) is 1. The van der Waals surface area contributed by atoms with Crippen LogP contribution in [-0.4, -0.2) is 60.1 Å². The first kappa shape index (κ1) is 13.5. The number of carboxylic acid groups (broad SMARTS) is 1. The van der Waals surface area contributed by atoms with Gasteiger partial charge in [0.05, 0.1) is 5.92 Å². The molecule has 0 spiro atoms. The summed E-state index contributed by atoms with van der Waals surface area (Å²) in [6, 6.07) is 0. The molecule has 0 aromatic heterocycles. The van der Waals surface area contributed by atoms with Crippen molar-refractivity contribution in [2.24, 2.45) is 11.8 Å². The highest BCUT2D eigenvalue weighted by molar-refractivity contribution is 5.70. The van der Waals surface area contributed by atoms with Gasteiger partial charge >= 0.3 is 5.97 Å². The number of likely N-dealkylation sites (tertiary alicyclic amines) is 1. The maximum absolute atomic E-state index is 10.8. The fourth-order valence-corrected chi connectivity index (χ4v) is 2.13. The Kier molecular flexibility index (Phi) is 5.22. The summed E-state index contributed by atoms with van der Waals surface area (Å²) in [5.74, 6) is -0.493. The van der Waals surface area contributed by atoms with Gasteiger partial charge in [0.2, 0.25) is 0 Å². The van der Waals surface area contributed by atoms with Crippen molar-refractivity contribution in [1.29, 1.82) is 0 Å². The van der Waals surface area contributed by atoms with Crippen LogP contribution in [0.25, 0.3) is 0 Å². The maximum atomic E-state index is 10.8. The lowest BCUT2D eigenvalue weighted by atomic mass is 9.87. The Morgan fingerprint density at radius 1 is 1.44 bits per heavy atom. The van der Waals surface area contributed by atoms with E-state index in [0.717, 1.165) is 39.3 Å². The lowest BCUT2D eigenvalue weighted by Crippen LogP contribution is -2.52. The molecule has 4 heteroatoms. The van der Waals surface area contributed by atoms with E-state index in [1.165, 1.54) is 0 Å². The van der Waals surface area contributed by atoms with Crippen LogP contribution in [0.5, 0.6) is 0 Å². The monoisotopic (exact) mass is 228 g/mol. The summed E-state index contributed by atoms with van der Waals surface area (Å²) in [7, 11) is 0. The second-order valence-electron chi connectivity index (χ2n) is 4.67. The first-order valence-corrected chi connectivity index (χ1v) is 6.26. The number of carboxylic acids is 1. The molecule has 94 valence electrons. The molecule has 0 amide bonds. The Balaban J connectivity index is 2.14. The molecule has 1 aliphatic heterocycles. The van der Waals surface area contributed by atoms with Gasteiger partial charge in [-0.15, -0.1) is 0 Å². The largest absolute Gasteiger partial charge is 0.481 e. The molecule has 1 saturated heterocycles. The summed E-state index contributed by atoms with van der Waals surface area (Å²) >= 11 is 0. The third-order valence-electron chi connectivity index (χ3n) is 3.71. The van der Waals surface area contributed by atoms with Gasteiger partial charge in [0.1, 0.15) is 0 Å². The van der Waals surface area contributed by atoms with Crippen LogP contribution in [0.1, 0.15) is 20.8 Å². The molecule has 1 unspecified atom stereocenters. The lowest BCUT2D eigenvalue weighted by Gasteiger charge is -2.42. The average molecular weight is 228 g/mol. The predicted octanol–water partition coefficient (Wildman–Crippen LogP) is 0.981. The van der Waals surface area contributed by atoms with Crippen LogP contribution < -0.4 is 0 Å². The minimum Gasteiger partial charge on any atom is -0.481 e. The van der Waals surface area contributed by atoms with Crippen LogP contribution in [0.2, 0.25) is 0 Å². The van der Waals surface area contributed by atoms with Gasteiger partial charge in [-0.1, -0.05) is 20.8 Å². The molecule has 0 bridgehead atoms. The van der Waals surface area contributed by atoms with Gasteiger partial charge in [0, 0.05) is 26.2 Å². The second kappa shape index (κ2) is 6.21. The van der Waals surface area contributed by atoms with E-state index >= 15 is 0 Å². The van der Waals surface area contributed by atoms with Gasteiger partial charge in [0.25, 0.3) is 0 Å². The predicted molar refractivity (Wildman–Crippen MR) is 64.5 cm³/mol. The van der Waals surface area contributed by atoms with E-state index in [1.807, 2.05) is 6.92 Å². The third kappa shape index (κ3) is 3.46. The molecular weight excluding hydrogens is 204 g/mol. The quantitative estimate of drug-likeness (QED) is 0.705. The van der Waals surface area contributed by atoms with Crippen molar-refractivity contribution >= 4 is 5.97 Å². The Morgan fingerprint density at radius 2 is 2.00 bits per heavy atom. The summed E-state index contributed by atoms with van der Waals surface area (Å²) in [6.07, 6.45) is 0. The molecule has 16 heavy (non-hydrogen) atoms. The number of rotatable bonds is 7. The van der Waals surface area contributed by atoms with Crippen molar-refractivity contribution in [3.63, 3.8) is 0 Å². The number of likely N-dealkylation sites (N-methyl/N-ethyl adjacent to an activating group) is 1. The Bertz CT molecular complexity index is 223. The number of aliphatic carboxylic acids is 1. The van der Waals surface area contributed by atoms with E-state index in [0.29, 0.717) is 5.92 Å². The summed E-state index contributed by atoms with van der Waals surface area (Å²) in [6.45, 7) is 12.4. The first-order valence-electron chi connectivity index (χ1n) is 6.26. The standard InChI is InChI=1S/C12H24N2O2/c1-4-13(5-2)6-7-14-8-11(9-14)10(3)12(15)16/h10-11H,4-9H2,1-3H3,(H,15,16). The molecule has 0 aromatic rings. The molecule has 1 fully saturated rings. The fraction of sp³-hybridized carbons (Fsp3) is 0.917. The SMILES string of the molecule is CCN(CC)CCN1CC(C(C)C(=O)O)C1. The Labute approximate surface area is 98.2 Å². The highest BCUT2D eigenvalue weighted by Gasteiger charge is 2.34. The molecule has 1 atom stereocenters. The Morgan fingerprint density at radius 3 is 2.44 bits per heavy atom. The molecule has 1 N–H and O–H groups in total.